The van der Waals surface area contributed by atoms with Crippen molar-refractivity contribution in [1.29, 1.82) is 0 Å². The van der Waals surface area contributed by atoms with Gasteiger partial charge in [-0.3, -0.25) is 9.59 Å². The molecule has 0 fully saturated rings. The molecule has 0 radical (unpaired) electrons. The van der Waals surface area contributed by atoms with Crippen LogP contribution in [0.25, 0.3) is 0 Å². The summed E-state index contributed by atoms with van der Waals surface area (Å²) in [6, 6.07) is 14.9. The zero-order valence-electron chi connectivity index (χ0n) is 13.9. The van der Waals surface area contributed by atoms with Gasteiger partial charge >= 0.3 is 0 Å². The van der Waals surface area contributed by atoms with Crippen LogP contribution >= 0.6 is 0 Å². The number of para-hydroxylation sites is 1. The van der Waals surface area contributed by atoms with E-state index >= 15 is 0 Å². The summed E-state index contributed by atoms with van der Waals surface area (Å²) in [6.07, 6.45) is 0.842. The van der Waals surface area contributed by atoms with Crippen molar-refractivity contribution < 1.29 is 9.59 Å². The third-order valence-corrected chi connectivity index (χ3v) is 4.17. The Morgan fingerprint density at radius 2 is 1.83 bits per heavy atom. The van der Waals surface area contributed by atoms with E-state index in [1.807, 2.05) is 55.5 Å². The van der Waals surface area contributed by atoms with E-state index in [1.165, 1.54) is 0 Å². The number of rotatable bonds is 4. The molecule has 24 heavy (non-hydrogen) atoms. The van der Waals surface area contributed by atoms with E-state index in [0.717, 1.165) is 35.6 Å². The minimum absolute atomic E-state index is 0.0602. The summed E-state index contributed by atoms with van der Waals surface area (Å²) >= 11 is 0. The first-order chi connectivity index (χ1) is 11.5. The van der Waals surface area contributed by atoms with Gasteiger partial charge in [0.25, 0.3) is 0 Å². The maximum atomic E-state index is 12.3. The molecule has 3 rings (SSSR count). The molecule has 0 spiro atoms. The third kappa shape index (κ3) is 3.40. The Morgan fingerprint density at radius 3 is 2.54 bits per heavy atom. The van der Waals surface area contributed by atoms with E-state index in [2.05, 4.69) is 10.6 Å². The Labute approximate surface area is 141 Å². The number of benzene rings is 2. The summed E-state index contributed by atoms with van der Waals surface area (Å²) in [5.74, 6) is -0.0304. The lowest BCUT2D eigenvalue weighted by atomic mass is 10.1. The lowest BCUT2D eigenvalue weighted by Crippen LogP contribution is -2.31. The topological polar surface area (TPSA) is 61.4 Å². The summed E-state index contributed by atoms with van der Waals surface area (Å²) < 4.78 is 0. The van der Waals surface area contributed by atoms with Crippen LogP contribution in [0, 0.1) is 0 Å². The van der Waals surface area contributed by atoms with Gasteiger partial charge in [0.15, 0.2) is 0 Å². The number of anilines is 3. The van der Waals surface area contributed by atoms with Gasteiger partial charge in [-0.2, -0.15) is 0 Å². The molecule has 1 heterocycles. The maximum absolute atomic E-state index is 12.3. The van der Waals surface area contributed by atoms with E-state index in [0.29, 0.717) is 0 Å². The molecule has 0 bridgehead atoms. The quantitative estimate of drug-likeness (QED) is 0.909. The van der Waals surface area contributed by atoms with Crippen LogP contribution in [0.15, 0.2) is 48.5 Å². The molecule has 1 unspecified atom stereocenters. The molecule has 1 aliphatic heterocycles. The van der Waals surface area contributed by atoms with Gasteiger partial charge in [0, 0.05) is 30.5 Å². The van der Waals surface area contributed by atoms with Crippen LogP contribution in [0.1, 0.15) is 19.4 Å². The highest BCUT2D eigenvalue weighted by Crippen LogP contribution is 2.30. The van der Waals surface area contributed by atoms with Gasteiger partial charge in [0.05, 0.1) is 0 Å². The zero-order valence-corrected chi connectivity index (χ0v) is 13.9. The van der Waals surface area contributed by atoms with Gasteiger partial charge in [-0.1, -0.05) is 18.2 Å². The van der Waals surface area contributed by atoms with Gasteiger partial charge in [0.1, 0.15) is 6.04 Å². The maximum Gasteiger partial charge on any atom is 0.246 e. The number of hydrogen-bond acceptors (Lipinski definition) is 3. The zero-order chi connectivity index (χ0) is 17.1. The second-order valence-corrected chi connectivity index (χ2v) is 5.99. The van der Waals surface area contributed by atoms with Crippen molar-refractivity contribution >= 4 is 28.9 Å². The van der Waals surface area contributed by atoms with Crippen molar-refractivity contribution in [2.24, 2.45) is 0 Å². The van der Waals surface area contributed by atoms with Crippen molar-refractivity contribution in [2.75, 3.05) is 22.1 Å². The van der Waals surface area contributed by atoms with Crippen molar-refractivity contribution in [3.05, 3.63) is 54.1 Å². The van der Waals surface area contributed by atoms with E-state index in [9.17, 15) is 9.59 Å². The Morgan fingerprint density at radius 1 is 1.08 bits per heavy atom. The molecule has 0 aliphatic carbocycles. The average molecular weight is 323 g/mol. The summed E-state index contributed by atoms with van der Waals surface area (Å²) in [7, 11) is 0. The van der Waals surface area contributed by atoms with Crippen LogP contribution in [0.5, 0.6) is 0 Å². The Kier molecular flexibility index (Phi) is 4.51. The minimum atomic E-state index is -0.367. The highest BCUT2D eigenvalue weighted by molar-refractivity contribution is 5.97. The molecule has 124 valence electrons. The summed E-state index contributed by atoms with van der Waals surface area (Å²) in [6.45, 7) is 4.13. The fourth-order valence-corrected chi connectivity index (χ4v) is 2.91. The van der Waals surface area contributed by atoms with Crippen molar-refractivity contribution in [1.82, 2.24) is 0 Å². The first kappa shape index (κ1) is 16.1. The van der Waals surface area contributed by atoms with Crippen molar-refractivity contribution in [2.45, 2.75) is 26.3 Å². The Hall–Kier alpha value is -2.82. The molecule has 2 N–H and O–H groups in total. The van der Waals surface area contributed by atoms with Crippen molar-refractivity contribution in [3.8, 4) is 0 Å². The van der Waals surface area contributed by atoms with Crippen LogP contribution in [0.4, 0.5) is 17.1 Å². The monoisotopic (exact) mass is 323 g/mol. The highest BCUT2D eigenvalue weighted by Gasteiger charge is 2.22. The van der Waals surface area contributed by atoms with Crippen LogP contribution in [0.2, 0.25) is 0 Å². The Bertz CT molecular complexity index is 758. The van der Waals surface area contributed by atoms with Gasteiger partial charge in [-0.15, -0.1) is 0 Å². The molecule has 0 aromatic heterocycles. The number of carbonyl (C=O) groups is 2. The average Bonchev–Trinajstić information content (AvgIpc) is 2.99. The lowest BCUT2D eigenvalue weighted by Gasteiger charge is -2.17. The summed E-state index contributed by atoms with van der Waals surface area (Å²) in [5, 5.41) is 6.10. The highest BCUT2D eigenvalue weighted by atomic mass is 16.2. The largest absolute Gasteiger partial charge is 0.374 e. The van der Waals surface area contributed by atoms with E-state index in [4.69, 9.17) is 0 Å². The molecular formula is C19H21N3O2. The molecule has 5 nitrogen and oxygen atoms in total. The predicted molar refractivity (Wildman–Crippen MR) is 96.3 cm³/mol. The lowest BCUT2D eigenvalue weighted by molar-refractivity contribution is -0.117. The number of carbonyl (C=O) groups excluding carboxylic acids is 2. The molecule has 1 aliphatic rings. The van der Waals surface area contributed by atoms with Crippen molar-refractivity contribution in [3.63, 3.8) is 0 Å². The number of nitrogens with one attached hydrogen (secondary N) is 2. The molecule has 1 atom stereocenters. The molecule has 2 aromatic carbocycles. The predicted octanol–water partition coefficient (Wildman–Crippen LogP) is 3.03. The molecule has 2 aromatic rings. The number of amides is 2. The van der Waals surface area contributed by atoms with E-state index in [1.54, 1.807) is 11.8 Å². The first-order valence-corrected chi connectivity index (χ1v) is 8.08. The second-order valence-electron chi connectivity index (χ2n) is 5.99. The number of fused-ring (bicyclic) bond motifs is 1. The van der Waals surface area contributed by atoms with Crippen LogP contribution in [0.3, 0.4) is 0 Å². The second kappa shape index (κ2) is 6.74. The fourth-order valence-electron chi connectivity index (χ4n) is 2.91. The van der Waals surface area contributed by atoms with E-state index in [-0.39, 0.29) is 17.9 Å². The molecule has 0 saturated carbocycles. The van der Waals surface area contributed by atoms with Crippen LogP contribution in [-0.2, 0) is 16.0 Å². The SMILES string of the molecule is CC(=O)N1CCc2cc(NC(C)C(=O)Nc3ccccc3)ccc21. The summed E-state index contributed by atoms with van der Waals surface area (Å²) in [5.41, 5.74) is 3.76. The number of hydrogen-bond donors (Lipinski definition) is 2. The van der Waals surface area contributed by atoms with Gasteiger partial charge in [-0.25, -0.2) is 0 Å². The number of nitrogens with zero attached hydrogens (tertiary/aromatic N) is 1. The molecular weight excluding hydrogens is 302 g/mol. The van der Waals surface area contributed by atoms with Gasteiger partial charge in [-0.05, 0) is 49.2 Å². The van der Waals surface area contributed by atoms with Crippen LogP contribution in [-0.4, -0.2) is 24.4 Å². The normalized spacial score (nSPS) is 14.0. The van der Waals surface area contributed by atoms with Gasteiger partial charge in [0.2, 0.25) is 11.8 Å². The standard InChI is InChI=1S/C19H21N3O2/c1-13(19(24)21-16-6-4-3-5-7-16)20-17-8-9-18-15(12-17)10-11-22(18)14(2)23/h3-9,12-13,20H,10-11H2,1-2H3,(H,21,24). The first-order valence-electron chi connectivity index (χ1n) is 8.08. The Balaban J connectivity index is 1.66. The minimum Gasteiger partial charge on any atom is -0.374 e. The fraction of sp³-hybridized carbons (Fsp3) is 0.263. The molecule has 0 saturated heterocycles. The smallest absolute Gasteiger partial charge is 0.246 e. The molecule has 2 amide bonds. The summed E-state index contributed by atoms with van der Waals surface area (Å²) in [4.78, 5) is 25.6. The van der Waals surface area contributed by atoms with E-state index < -0.39 is 0 Å². The van der Waals surface area contributed by atoms with Gasteiger partial charge < -0.3 is 15.5 Å². The van der Waals surface area contributed by atoms with Crippen LogP contribution < -0.4 is 15.5 Å². The molecule has 5 heteroatoms. The third-order valence-electron chi connectivity index (χ3n) is 4.17.